The second kappa shape index (κ2) is 5.07. The Hall–Kier alpha value is -0.160. The standard InChI is InChI=1S/C9H9BrClFO2/c10-5-2-1-3-6(12)8(5)9(14)7(13)4-11/h1-3,7,9,13-14H,4H2. The fraction of sp³-hybridized carbons (Fsp3) is 0.333. The number of hydrogen-bond donors (Lipinski definition) is 2. The van der Waals surface area contributed by atoms with Crippen LogP contribution in [0.5, 0.6) is 0 Å². The van der Waals surface area contributed by atoms with Crippen molar-refractivity contribution in [3.05, 3.63) is 34.1 Å². The number of halogens is 3. The molecule has 0 aliphatic rings. The van der Waals surface area contributed by atoms with Crippen LogP contribution in [-0.2, 0) is 0 Å². The normalized spacial score (nSPS) is 15.2. The van der Waals surface area contributed by atoms with Crippen LogP contribution in [0.1, 0.15) is 11.7 Å². The smallest absolute Gasteiger partial charge is 0.130 e. The van der Waals surface area contributed by atoms with E-state index in [9.17, 15) is 14.6 Å². The topological polar surface area (TPSA) is 40.5 Å². The Morgan fingerprint density at radius 2 is 2.07 bits per heavy atom. The molecule has 2 atom stereocenters. The van der Waals surface area contributed by atoms with Crippen molar-refractivity contribution in [1.82, 2.24) is 0 Å². The maximum Gasteiger partial charge on any atom is 0.130 e. The van der Waals surface area contributed by atoms with E-state index in [-0.39, 0.29) is 11.4 Å². The van der Waals surface area contributed by atoms with E-state index >= 15 is 0 Å². The lowest BCUT2D eigenvalue weighted by molar-refractivity contribution is 0.0300. The Bertz CT molecular complexity index is 301. The molecule has 0 aliphatic carbocycles. The molecule has 2 nitrogen and oxygen atoms in total. The van der Waals surface area contributed by atoms with Gasteiger partial charge in [-0.25, -0.2) is 4.39 Å². The Morgan fingerprint density at radius 1 is 1.43 bits per heavy atom. The lowest BCUT2D eigenvalue weighted by atomic mass is 10.1. The van der Waals surface area contributed by atoms with Gasteiger partial charge >= 0.3 is 0 Å². The van der Waals surface area contributed by atoms with E-state index in [1.54, 1.807) is 6.07 Å². The highest BCUT2D eigenvalue weighted by atomic mass is 79.9. The van der Waals surface area contributed by atoms with Gasteiger partial charge in [-0.05, 0) is 12.1 Å². The van der Waals surface area contributed by atoms with E-state index in [1.165, 1.54) is 12.1 Å². The van der Waals surface area contributed by atoms with Gasteiger partial charge in [-0.2, -0.15) is 0 Å². The first-order valence-electron chi connectivity index (χ1n) is 3.94. The van der Waals surface area contributed by atoms with Crippen molar-refractivity contribution in [3.8, 4) is 0 Å². The molecule has 2 unspecified atom stereocenters. The van der Waals surface area contributed by atoms with Crippen molar-refractivity contribution in [2.45, 2.75) is 12.2 Å². The van der Waals surface area contributed by atoms with Gasteiger partial charge < -0.3 is 10.2 Å². The molecule has 0 spiro atoms. The molecule has 0 heterocycles. The summed E-state index contributed by atoms with van der Waals surface area (Å²) in [5.74, 6) is -0.724. The minimum Gasteiger partial charge on any atom is -0.389 e. The predicted molar refractivity (Wildman–Crippen MR) is 55.8 cm³/mol. The predicted octanol–water partition coefficient (Wildman–Crippen LogP) is 2.22. The van der Waals surface area contributed by atoms with Crippen LogP contribution >= 0.6 is 27.5 Å². The molecule has 0 amide bonds. The highest BCUT2D eigenvalue weighted by molar-refractivity contribution is 9.10. The largest absolute Gasteiger partial charge is 0.389 e. The molecular weight excluding hydrogens is 274 g/mol. The molecule has 2 N–H and O–H groups in total. The van der Waals surface area contributed by atoms with Gasteiger partial charge in [0.25, 0.3) is 0 Å². The van der Waals surface area contributed by atoms with E-state index < -0.39 is 18.0 Å². The summed E-state index contributed by atoms with van der Waals surface area (Å²) < 4.78 is 13.7. The first-order chi connectivity index (χ1) is 6.57. The van der Waals surface area contributed by atoms with Gasteiger partial charge in [0.05, 0.1) is 12.0 Å². The second-order valence-corrected chi connectivity index (χ2v) is 3.96. The van der Waals surface area contributed by atoms with Gasteiger partial charge in [-0.3, -0.25) is 0 Å². The monoisotopic (exact) mass is 282 g/mol. The Morgan fingerprint density at radius 3 is 2.57 bits per heavy atom. The van der Waals surface area contributed by atoms with Gasteiger partial charge in [-0.1, -0.05) is 22.0 Å². The van der Waals surface area contributed by atoms with Gasteiger partial charge in [0.15, 0.2) is 0 Å². The highest BCUT2D eigenvalue weighted by Crippen LogP contribution is 2.28. The van der Waals surface area contributed by atoms with Crippen molar-refractivity contribution < 1.29 is 14.6 Å². The lowest BCUT2D eigenvalue weighted by Gasteiger charge is -2.17. The van der Waals surface area contributed by atoms with Crippen molar-refractivity contribution in [3.63, 3.8) is 0 Å². The van der Waals surface area contributed by atoms with E-state index in [0.717, 1.165) is 0 Å². The number of alkyl halides is 1. The number of rotatable bonds is 3. The Kier molecular flexibility index (Phi) is 4.31. The van der Waals surface area contributed by atoms with Gasteiger partial charge in [-0.15, -0.1) is 11.6 Å². The maximum absolute atomic E-state index is 13.3. The summed E-state index contributed by atoms with van der Waals surface area (Å²) >= 11 is 8.44. The first kappa shape index (κ1) is 11.9. The van der Waals surface area contributed by atoms with E-state index in [1.807, 2.05) is 0 Å². The fourth-order valence-corrected chi connectivity index (χ4v) is 1.82. The Labute approximate surface area is 94.5 Å². The molecule has 1 aromatic carbocycles. The number of benzene rings is 1. The van der Waals surface area contributed by atoms with E-state index in [2.05, 4.69) is 15.9 Å². The van der Waals surface area contributed by atoms with Gasteiger partial charge in [0, 0.05) is 10.0 Å². The van der Waals surface area contributed by atoms with Crippen LogP contribution in [0.3, 0.4) is 0 Å². The number of aliphatic hydroxyl groups excluding tert-OH is 2. The third kappa shape index (κ3) is 2.45. The summed E-state index contributed by atoms with van der Waals surface area (Å²) in [6.07, 6.45) is -2.49. The fourth-order valence-electron chi connectivity index (χ4n) is 1.07. The van der Waals surface area contributed by atoms with Crippen LogP contribution in [0, 0.1) is 5.82 Å². The van der Waals surface area contributed by atoms with Crippen molar-refractivity contribution in [1.29, 1.82) is 0 Å². The Balaban J connectivity index is 3.05. The van der Waals surface area contributed by atoms with Crippen LogP contribution in [0.4, 0.5) is 4.39 Å². The highest BCUT2D eigenvalue weighted by Gasteiger charge is 2.22. The average Bonchev–Trinajstić information content (AvgIpc) is 2.16. The zero-order valence-electron chi connectivity index (χ0n) is 7.12. The van der Waals surface area contributed by atoms with Gasteiger partial charge in [0.1, 0.15) is 11.9 Å². The third-order valence-electron chi connectivity index (χ3n) is 1.82. The molecule has 78 valence electrons. The van der Waals surface area contributed by atoms with Crippen molar-refractivity contribution in [2.75, 3.05) is 5.88 Å². The van der Waals surface area contributed by atoms with E-state index in [4.69, 9.17) is 11.6 Å². The summed E-state index contributed by atoms with van der Waals surface area (Å²) in [5.41, 5.74) is 0.0284. The van der Waals surface area contributed by atoms with Crippen LogP contribution in [0.25, 0.3) is 0 Å². The molecule has 0 aliphatic heterocycles. The van der Waals surface area contributed by atoms with Crippen LogP contribution in [0.15, 0.2) is 22.7 Å². The second-order valence-electron chi connectivity index (χ2n) is 2.80. The molecule has 14 heavy (non-hydrogen) atoms. The summed E-state index contributed by atoms with van der Waals surface area (Å²) in [5, 5.41) is 18.8. The maximum atomic E-state index is 13.3. The summed E-state index contributed by atoms with van der Waals surface area (Å²) in [4.78, 5) is 0. The quantitative estimate of drug-likeness (QED) is 0.835. The van der Waals surface area contributed by atoms with E-state index in [0.29, 0.717) is 4.47 Å². The van der Waals surface area contributed by atoms with Crippen LogP contribution < -0.4 is 0 Å². The minimum absolute atomic E-state index is 0.0284. The molecule has 0 saturated heterocycles. The molecule has 5 heteroatoms. The minimum atomic E-state index is -1.32. The molecule has 1 rings (SSSR count). The summed E-state index contributed by atoms with van der Waals surface area (Å²) in [6.45, 7) is 0. The zero-order valence-corrected chi connectivity index (χ0v) is 9.46. The molecular formula is C9H9BrClFO2. The molecule has 0 radical (unpaired) electrons. The third-order valence-corrected chi connectivity index (χ3v) is 2.83. The molecule has 1 aromatic rings. The van der Waals surface area contributed by atoms with Crippen LogP contribution in [-0.4, -0.2) is 22.2 Å². The number of hydrogen-bond acceptors (Lipinski definition) is 2. The van der Waals surface area contributed by atoms with Crippen molar-refractivity contribution >= 4 is 27.5 Å². The first-order valence-corrected chi connectivity index (χ1v) is 5.26. The summed E-state index contributed by atoms with van der Waals surface area (Å²) in [7, 11) is 0. The molecule has 0 fully saturated rings. The lowest BCUT2D eigenvalue weighted by Crippen LogP contribution is -2.21. The van der Waals surface area contributed by atoms with Crippen molar-refractivity contribution in [2.24, 2.45) is 0 Å². The SMILES string of the molecule is OC(CCl)C(O)c1c(F)cccc1Br. The number of aliphatic hydroxyl groups is 2. The van der Waals surface area contributed by atoms with Crippen LogP contribution in [0.2, 0.25) is 0 Å². The molecule has 0 saturated carbocycles. The van der Waals surface area contributed by atoms with Gasteiger partial charge in [0.2, 0.25) is 0 Å². The zero-order chi connectivity index (χ0) is 10.7. The molecule has 0 bridgehead atoms. The summed E-state index contributed by atoms with van der Waals surface area (Å²) in [6, 6.07) is 4.30. The molecule has 0 aromatic heterocycles. The average molecular weight is 284 g/mol.